The summed E-state index contributed by atoms with van der Waals surface area (Å²) in [6, 6.07) is 18.6. The molecule has 0 fully saturated rings. The third-order valence-electron chi connectivity index (χ3n) is 3.92. The zero-order valence-corrected chi connectivity index (χ0v) is 15.0. The molecule has 134 valence electrons. The van der Waals surface area contributed by atoms with Gasteiger partial charge in [-0.2, -0.15) is 0 Å². The smallest absolute Gasteiger partial charge is 0.305 e. The number of pyridine rings is 1. The summed E-state index contributed by atoms with van der Waals surface area (Å²) >= 11 is 1.36. The van der Waals surface area contributed by atoms with Crippen molar-refractivity contribution in [2.45, 2.75) is 4.90 Å². The molecule has 0 unspecified atom stereocenters. The van der Waals surface area contributed by atoms with E-state index in [0.29, 0.717) is 5.58 Å². The summed E-state index contributed by atoms with van der Waals surface area (Å²) < 4.78 is 5.46. The summed E-state index contributed by atoms with van der Waals surface area (Å²) in [5.74, 6) is -0.535. The number of rotatable bonds is 4. The molecule has 27 heavy (non-hydrogen) atoms. The van der Waals surface area contributed by atoms with Gasteiger partial charge in [0.05, 0.1) is 11.3 Å². The molecule has 4 rings (SSSR count). The number of nitrogens with zero attached hydrogens (tertiary/aromatic N) is 1. The van der Waals surface area contributed by atoms with Crippen molar-refractivity contribution in [1.82, 2.24) is 15.8 Å². The SMILES string of the molecule is O=C(CSc1cccc2cccnc12)NNC(=O)c1cc2ccccc2o1. The normalized spacial score (nSPS) is 10.8. The summed E-state index contributed by atoms with van der Waals surface area (Å²) in [5, 5.41) is 1.84. The minimum Gasteiger partial charge on any atom is -0.451 e. The first kappa shape index (κ1) is 17.1. The number of hydrogen-bond acceptors (Lipinski definition) is 5. The predicted molar refractivity (Wildman–Crippen MR) is 104 cm³/mol. The second kappa shape index (κ2) is 7.51. The fourth-order valence-electron chi connectivity index (χ4n) is 2.65. The molecule has 2 amide bonds. The second-order valence-corrected chi connectivity index (χ2v) is 6.79. The Kier molecular flexibility index (Phi) is 4.76. The number of fused-ring (bicyclic) bond motifs is 2. The molecule has 6 nitrogen and oxygen atoms in total. The lowest BCUT2D eigenvalue weighted by Gasteiger charge is -2.07. The molecule has 4 aromatic rings. The van der Waals surface area contributed by atoms with Crippen molar-refractivity contribution in [3.8, 4) is 0 Å². The average molecular weight is 377 g/mol. The molecule has 0 spiro atoms. The standard InChI is InChI=1S/C20H15N3O3S/c24-18(12-27-17-9-3-6-13-7-4-10-21-19(13)17)22-23-20(25)16-11-14-5-1-2-8-15(14)26-16/h1-11H,12H2,(H,22,24)(H,23,25). The van der Waals surface area contributed by atoms with Crippen LogP contribution in [0.1, 0.15) is 10.6 Å². The molecular formula is C20H15N3O3S. The van der Waals surface area contributed by atoms with E-state index in [1.165, 1.54) is 11.8 Å². The van der Waals surface area contributed by atoms with Crippen LogP contribution in [0.3, 0.4) is 0 Å². The van der Waals surface area contributed by atoms with Crippen molar-refractivity contribution in [2.75, 3.05) is 5.75 Å². The number of thioether (sulfide) groups is 1. The number of furan rings is 1. The van der Waals surface area contributed by atoms with Gasteiger partial charge in [-0.1, -0.05) is 36.4 Å². The van der Waals surface area contributed by atoms with Crippen LogP contribution in [0, 0.1) is 0 Å². The average Bonchev–Trinajstić information content (AvgIpc) is 3.15. The molecule has 0 radical (unpaired) electrons. The van der Waals surface area contributed by atoms with E-state index in [2.05, 4.69) is 15.8 Å². The van der Waals surface area contributed by atoms with Gasteiger partial charge in [0.1, 0.15) is 5.58 Å². The Morgan fingerprint density at radius 2 is 1.78 bits per heavy atom. The van der Waals surface area contributed by atoms with Crippen molar-refractivity contribution in [3.63, 3.8) is 0 Å². The number of hydrogen-bond donors (Lipinski definition) is 2. The molecule has 2 heterocycles. The minimum atomic E-state index is -0.503. The molecule has 0 atom stereocenters. The van der Waals surface area contributed by atoms with E-state index in [-0.39, 0.29) is 17.4 Å². The molecule has 0 saturated heterocycles. The Hall–Kier alpha value is -3.32. The van der Waals surface area contributed by atoms with Gasteiger partial charge in [0.2, 0.25) is 5.91 Å². The van der Waals surface area contributed by atoms with Crippen LogP contribution < -0.4 is 10.9 Å². The molecule has 0 bridgehead atoms. The number of amides is 2. The van der Waals surface area contributed by atoms with Crippen molar-refractivity contribution in [1.29, 1.82) is 0 Å². The maximum absolute atomic E-state index is 12.1. The maximum Gasteiger partial charge on any atom is 0.305 e. The number of hydrazine groups is 1. The highest BCUT2D eigenvalue weighted by Gasteiger charge is 2.13. The van der Waals surface area contributed by atoms with Crippen LogP contribution in [0.2, 0.25) is 0 Å². The van der Waals surface area contributed by atoms with Gasteiger partial charge in [-0.3, -0.25) is 25.4 Å². The van der Waals surface area contributed by atoms with Gasteiger partial charge >= 0.3 is 5.91 Å². The number of carbonyl (C=O) groups is 2. The molecule has 0 aliphatic heterocycles. The monoisotopic (exact) mass is 377 g/mol. The fourth-order valence-corrected chi connectivity index (χ4v) is 3.49. The van der Waals surface area contributed by atoms with Gasteiger partial charge < -0.3 is 4.42 Å². The predicted octanol–water partition coefficient (Wildman–Crippen LogP) is 3.53. The Balaban J connectivity index is 1.34. The van der Waals surface area contributed by atoms with Gasteiger partial charge in [0.15, 0.2) is 5.76 Å². The summed E-state index contributed by atoms with van der Waals surface area (Å²) in [6.45, 7) is 0. The number of benzene rings is 2. The van der Waals surface area contributed by atoms with E-state index in [0.717, 1.165) is 21.2 Å². The molecule has 0 aliphatic rings. The molecule has 2 N–H and O–H groups in total. The van der Waals surface area contributed by atoms with Crippen molar-refractivity contribution >= 4 is 45.4 Å². The Labute approximate surface area is 158 Å². The third kappa shape index (κ3) is 3.78. The lowest BCUT2D eigenvalue weighted by Crippen LogP contribution is -2.42. The first-order valence-electron chi connectivity index (χ1n) is 8.25. The Morgan fingerprint density at radius 3 is 2.67 bits per heavy atom. The topological polar surface area (TPSA) is 84.2 Å². The van der Waals surface area contributed by atoms with E-state index >= 15 is 0 Å². The molecule has 0 saturated carbocycles. The van der Waals surface area contributed by atoms with Gasteiger partial charge in [-0.05, 0) is 24.3 Å². The summed E-state index contributed by atoms with van der Waals surface area (Å²) in [7, 11) is 0. The highest BCUT2D eigenvalue weighted by atomic mass is 32.2. The first-order chi connectivity index (χ1) is 13.2. The Bertz CT molecular complexity index is 1100. The van der Waals surface area contributed by atoms with E-state index in [4.69, 9.17) is 4.42 Å². The molecule has 7 heteroatoms. The van der Waals surface area contributed by atoms with E-state index in [1.807, 2.05) is 48.5 Å². The second-order valence-electron chi connectivity index (χ2n) is 5.77. The summed E-state index contributed by atoms with van der Waals surface area (Å²) in [6.07, 6.45) is 1.72. The van der Waals surface area contributed by atoms with Crippen LogP contribution in [-0.4, -0.2) is 22.6 Å². The molecule has 0 aliphatic carbocycles. The Morgan fingerprint density at radius 1 is 0.963 bits per heavy atom. The lowest BCUT2D eigenvalue weighted by atomic mass is 10.2. The van der Waals surface area contributed by atoms with E-state index in [9.17, 15) is 9.59 Å². The number of para-hydroxylation sites is 2. The molecule has 2 aromatic heterocycles. The summed E-state index contributed by atoms with van der Waals surface area (Å²) in [4.78, 5) is 29.5. The zero-order chi connectivity index (χ0) is 18.6. The van der Waals surface area contributed by atoms with Crippen LogP contribution >= 0.6 is 11.8 Å². The molecule has 2 aromatic carbocycles. The van der Waals surface area contributed by atoms with Crippen molar-refractivity contribution < 1.29 is 14.0 Å². The van der Waals surface area contributed by atoms with Crippen LogP contribution in [-0.2, 0) is 4.79 Å². The van der Waals surface area contributed by atoms with E-state index < -0.39 is 5.91 Å². The van der Waals surface area contributed by atoms with Crippen molar-refractivity contribution in [3.05, 3.63) is 72.6 Å². The van der Waals surface area contributed by atoms with Gasteiger partial charge in [0.25, 0.3) is 0 Å². The number of nitrogens with one attached hydrogen (secondary N) is 2. The van der Waals surface area contributed by atoms with Crippen molar-refractivity contribution in [2.24, 2.45) is 0 Å². The minimum absolute atomic E-state index is 0.141. The number of carbonyl (C=O) groups excluding carboxylic acids is 2. The van der Waals surface area contributed by atoms with Crippen LogP contribution in [0.25, 0.3) is 21.9 Å². The van der Waals surface area contributed by atoms with Gasteiger partial charge in [0, 0.05) is 21.9 Å². The lowest BCUT2D eigenvalue weighted by molar-refractivity contribution is -0.119. The van der Waals surface area contributed by atoms with Gasteiger partial charge in [-0.15, -0.1) is 11.8 Å². The van der Waals surface area contributed by atoms with Crippen LogP contribution in [0.5, 0.6) is 0 Å². The highest BCUT2D eigenvalue weighted by molar-refractivity contribution is 8.00. The first-order valence-corrected chi connectivity index (χ1v) is 9.23. The fraction of sp³-hybridized carbons (Fsp3) is 0.0500. The quantitative estimate of drug-likeness (QED) is 0.420. The van der Waals surface area contributed by atoms with Gasteiger partial charge in [-0.25, -0.2) is 0 Å². The molecular weight excluding hydrogens is 362 g/mol. The third-order valence-corrected chi connectivity index (χ3v) is 4.97. The van der Waals surface area contributed by atoms with Crippen LogP contribution in [0.4, 0.5) is 0 Å². The highest BCUT2D eigenvalue weighted by Crippen LogP contribution is 2.25. The number of aromatic nitrogens is 1. The van der Waals surface area contributed by atoms with Crippen LogP contribution in [0.15, 0.2) is 76.2 Å². The van der Waals surface area contributed by atoms with E-state index in [1.54, 1.807) is 18.3 Å². The zero-order valence-electron chi connectivity index (χ0n) is 14.1. The maximum atomic E-state index is 12.1. The largest absolute Gasteiger partial charge is 0.451 e. The summed E-state index contributed by atoms with van der Waals surface area (Å²) in [5.41, 5.74) is 6.25.